The molecule has 1 aliphatic rings. The molecule has 0 spiro atoms. The van der Waals surface area contributed by atoms with Gasteiger partial charge in [-0.05, 0) is 71.6 Å². The fourth-order valence-electron chi connectivity index (χ4n) is 4.91. The first kappa shape index (κ1) is 30.4. The summed E-state index contributed by atoms with van der Waals surface area (Å²) >= 11 is 0. The van der Waals surface area contributed by atoms with Crippen LogP contribution in [0.2, 0.25) is 0 Å². The Bertz CT molecular complexity index is 1520. The van der Waals surface area contributed by atoms with Crippen molar-refractivity contribution < 1.29 is 24.3 Å². The van der Waals surface area contributed by atoms with E-state index >= 15 is 0 Å². The largest absolute Gasteiger partial charge is 0.481 e. The normalized spacial score (nSPS) is 13.7. The van der Waals surface area contributed by atoms with Gasteiger partial charge in [-0.1, -0.05) is 87.5 Å². The number of benzene rings is 3. The first-order valence-corrected chi connectivity index (χ1v) is 14.3. The predicted molar refractivity (Wildman–Crippen MR) is 166 cm³/mol. The van der Waals surface area contributed by atoms with Crippen molar-refractivity contribution >= 4 is 34.6 Å². The van der Waals surface area contributed by atoms with Gasteiger partial charge in [-0.3, -0.25) is 19.2 Å². The minimum Gasteiger partial charge on any atom is -0.481 e. The first-order chi connectivity index (χ1) is 20.0. The number of allylic oxidation sites excluding steroid dienone is 4. The highest BCUT2D eigenvalue weighted by Gasteiger charge is 2.19. The van der Waals surface area contributed by atoms with E-state index in [2.05, 4.69) is 32.2 Å². The third-order valence-electron chi connectivity index (χ3n) is 7.45. The molecule has 6 nitrogen and oxygen atoms in total. The Balaban J connectivity index is 1.64. The van der Waals surface area contributed by atoms with Crippen molar-refractivity contribution in [1.29, 1.82) is 0 Å². The van der Waals surface area contributed by atoms with Crippen LogP contribution in [0, 0.1) is 0 Å². The van der Waals surface area contributed by atoms with E-state index in [9.17, 15) is 19.2 Å². The third-order valence-corrected chi connectivity index (χ3v) is 7.45. The van der Waals surface area contributed by atoms with Gasteiger partial charge in [0.1, 0.15) is 0 Å². The Morgan fingerprint density at radius 3 is 1.95 bits per heavy atom. The Kier molecular flexibility index (Phi) is 9.68. The standard InChI is InChI=1S/C36H37NO5/c1-36(2,3)30-19-17-27(18-20-30)32(38)23-31(26-11-9-25(10-12-26)24-7-5-4-6-8-24)34(41)28-13-15-29(16-14-28)35(42)37-22-21-33(39)40/h7,9-20,23H,4-6,8,21-22H2,1-3H3,(H,37,42)(H,39,40)/b31-23+. The number of carboxylic acids is 1. The molecule has 0 fully saturated rings. The molecule has 0 unspecified atom stereocenters. The van der Waals surface area contributed by atoms with Crippen LogP contribution >= 0.6 is 0 Å². The summed E-state index contributed by atoms with van der Waals surface area (Å²) in [6.45, 7) is 6.34. The summed E-state index contributed by atoms with van der Waals surface area (Å²) in [6, 6.07) is 21.4. The first-order valence-electron chi connectivity index (χ1n) is 14.3. The summed E-state index contributed by atoms with van der Waals surface area (Å²) in [4.78, 5) is 50.3. The van der Waals surface area contributed by atoms with Gasteiger partial charge in [-0.15, -0.1) is 0 Å². The third kappa shape index (κ3) is 7.78. The second kappa shape index (κ2) is 13.4. The average Bonchev–Trinajstić information content (AvgIpc) is 2.99. The number of ketones is 2. The van der Waals surface area contributed by atoms with E-state index in [-0.39, 0.29) is 35.5 Å². The van der Waals surface area contributed by atoms with Gasteiger partial charge in [0, 0.05) is 28.8 Å². The maximum absolute atomic E-state index is 13.8. The molecule has 3 aromatic carbocycles. The van der Waals surface area contributed by atoms with Gasteiger partial charge in [0.25, 0.3) is 5.91 Å². The second-order valence-corrected chi connectivity index (χ2v) is 11.6. The lowest BCUT2D eigenvalue weighted by Crippen LogP contribution is -2.26. The molecule has 2 N–H and O–H groups in total. The number of carbonyl (C=O) groups excluding carboxylic acids is 3. The molecule has 0 radical (unpaired) electrons. The molecule has 1 amide bonds. The van der Waals surface area contributed by atoms with Gasteiger partial charge >= 0.3 is 5.97 Å². The summed E-state index contributed by atoms with van der Waals surface area (Å²) in [6.07, 6.45) is 7.94. The van der Waals surface area contributed by atoms with Crippen molar-refractivity contribution in [2.24, 2.45) is 0 Å². The van der Waals surface area contributed by atoms with E-state index in [1.807, 2.05) is 36.4 Å². The topological polar surface area (TPSA) is 101 Å². The number of Topliss-reactive ketones (excluding diaryl/α,β-unsaturated/α-hetero) is 1. The van der Waals surface area contributed by atoms with Gasteiger partial charge in [-0.2, -0.15) is 0 Å². The Morgan fingerprint density at radius 1 is 0.786 bits per heavy atom. The molecule has 0 atom stereocenters. The number of nitrogens with one attached hydrogen (secondary N) is 1. The summed E-state index contributed by atoms with van der Waals surface area (Å²) in [5, 5.41) is 11.3. The van der Waals surface area contributed by atoms with Crippen LogP contribution < -0.4 is 5.32 Å². The Hall–Kier alpha value is -4.58. The molecule has 3 aromatic rings. The minimum atomic E-state index is -1.00. The van der Waals surface area contributed by atoms with E-state index in [1.165, 1.54) is 30.2 Å². The molecule has 216 valence electrons. The van der Waals surface area contributed by atoms with E-state index in [0.717, 1.165) is 30.4 Å². The molecule has 42 heavy (non-hydrogen) atoms. The molecule has 0 saturated carbocycles. The van der Waals surface area contributed by atoms with Crippen LogP contribution in [0.1, 0.15) is 101 Å². The van der Waals surface area contributed by atoms with E-state index in [4.69, 9.17) is 5.11 Å². The van der Waals surface area contributed by atoms with Crippen LogP contribution in [0.4, 0.5) is 0 Å². The molecular weight excluding hydrogens is 526 g/mol. The van der Waals surface area contributed by atoms with Crippen LogP contribution in [0.25, 0.3) is 11.1 Å². The number of hydrogen-bond acceptors (Lipinski definition) is 4. The van der Waals surface area contributed by atoms with Crippen molar-refractivity contribution in [2.75, 3.05) is 6.54 Å². The lowest BCUT2D eigenvalue weighted by Gasteiger charge is -2.18. The quantitative estimate of drug-likeness (QED) is 0.199. The zero-order valence-corrected chi connectivity index (χ0v) is 24.4. The monoisotopic (exact) mass is 563 g/mol. The van der Waals surface area contributed by atoms with E-state index < -0.39 is 11.9 Å². The number of rotatable bonds is 10. The number of hydrogen-bond donors (Lipinski definition) is 2. The van der Waals surface area contributed by atoms with Crippen molar-refractivity contribution in [3.63, 3.8) is 0 Å². The molecule has 0 aliphatic heterocycles. The molecule has 6 heteroatoms. The SMILES string of the molecule is CC(C)(C)c1ccc(C(=O)/C=C(/C(=O)c2ccc(C(=O)NCCC(=O)O)cc2)c2ccc(C3=CCCCC3)cc2)cc1. The van der Waals surface area contributed by atoms with Crippen molar-refractivity contribution in [1.82, 2.24) is 5.32 Å². The lowest BCUT2D eigenvalue weighted by molar-refractivity contribution is -0.136. The fourth-order valence-corrected chi connectivity index (χ4v) is 4.91. The number of aliphatic carboxylic acids is 1. The molecule has 0 bridgehead atoms. The molecule has 4 rings (SSSR count). The zero-order valence-electron chi connectivity index (χ0n) is 24.4. The molecule has 0 heterocycles. The van der Waals surface area contributed by atoms with Gasteiger partial charge < -0.3 is 10.4 Å². The van der Waals surface area contributed by atoms with Crippen molar-refractivity contribution in [3.05, 3.63) is 118 Å². The van der Waals surface area contributed by atoms with Gasteiger partial charge in [0.15, 0.2) is 11.6 Å². The van der Waals surface area contributed by atoms with Crippen LogP contribution in [0.3, 0.4) is 0 Å². The highest BCUT2D eigenvalue weighted by Crippen LogP contribution is 2.29. The van der Waals surface area contributed by atoms with Gasteiger partial charge in [-0.25, -0.2) is 0 Å². The van der Waals surface area contributed by atoms with E-state index in [0.29, 0.717) is 22.3 Å². The smallest absolute Gasteiger partial charge is 0.305 e. The second-order valence-electron chi connectivity index (χ2n) is 11.6. The van der Waals surface area contributed by atoms with E-state index in [1.54, 1.807) is 24.3 Å². The summed E-state index contributed by atoms with van der Waals surface area (Å²) in [5.41, 5.74) is 5.51. The fraction of sp³-hybridized carbons (Fsp3) is 0.278. The lowest BCUT2D eigenvalue weighted by atomic mass is 9.86. The average molecular weight is 564 g/mol. The summed E-state index contributed by atoms with van der Waals surface area (Å²) < 4.78 is 0. The summed E-state index contributed by atoms with van der Waals surface area (Å²) in [5.74, 6) is -2.03. The number of amides is 1. The zero-order chi connectivity index (χ0) is 30.3. The molecule has 0 saturated heterocycles. The van der Waals surface area contributed by atoms with Gasteiger partial charge in [0.05, 0.1) is 6.42 Å². The van der Waals surface area contributed by atoms with Gasteiger partial charge in [0.2, 0.25) is 0 Å². The highest BCUT2D eigenvalue weighted by atomic mass is 16.4. The highest BCUT2D eigenvalue weighted by molar-refractivity contribution is 6.32. The Labute approximate surface area is 247 Å². The maximum Gasteiger partial charge on any atom is 0.305 e. The summed E-state index contributed by atoms with van der Waals surface area (Å²) in [7, 11) is 0. The van der Waals surface area contributed by atoms with Crippen LogP contribution in [-0.2, 0) is 10.2 Å². The van der Waals surface area contributed by atoms with Crippen molar-refractivity contribution in [3.8, 4) is 0 Å². The molecular formula is C36H37NO5. The maximum atomic E-state index is 13.8. The number of carbonyl (C=O) groups is 4. The molecule has 0 aromatic heterocycles. The Morgan fingerprint density at radius 2 is 1.38 bits per heavy atom. The molecule has 1 aliphatic carbocycles. The van der Waals surface area contributed by atoms with Crippen LogP contribution in [-0.4, -0.2) is 35.1 Å². The minimum absolute atomic E-state index is 0.00742. The van der Waals surface area contributed by atoms with Crippen LogP contribution in [0.15, 0.2) is 84.9 Å². The van der Waals surface area contributed by atoms with Crippen molar-refractivity contribution in [2.45, 2.75) is 58.3 Å². The predicted octanol–water partition coefficient (Wildman–Crippen LogP) is 7.30. The number of carboxylic acid groups (broad SMARTS) is 1. The van der Waals surface area contributed by atoms with Crippen LogP contribution in [0.5, 0.6) is 0 Å².